The van der Waals surface area contributed by atoms with Gasteiger partial charge in [0.2, 0.25) is 5.91 Å². The van der Waals surface area contributed by atoms with Crippen LogP contribution < -0.4 is 15.1 Å². The number of amides is 1. The fourth-order valence-corrected chi connectivity index (χ4v) is 4.67. The number of anilines is 2. The molecular weight excluding hydrogens is 415 g/mol. The highest BCUT2D eigenvalue weighted by Gasteiger charge is 2.42. The van der Waals surface area contributed by atoms with E-state index in [0.29, 0.717) is 45.6 Å². The van der Waals surface area contributed by atoms with Gasteiger partial charge in [-0.1, -0.05) is 0 Å². The quantitative estimate of drug-likeness (QED) is 0.403. The summed E-state index contributed by atoms with van der Waals surface area (Å²) in [6, 6.07) is 11.2. The van der Waals surface area contributed by atoms with Gasteiger partial charge in [-0.3, -0.25) is 14.9 Å². The minimum absolute atomic E-state index is 0.0337. The Kier molecular flexibility index (Phi) is 6.55. The molecule has 32 heavy (non-hydrogen) atoms. The number of ether oxygens (including phenoxy) is 1. The lowest BCUT2D eigenvalue weighted by Gasteiger charge is -2.49. The Morgan fingerprint density at radius 3 is 2.75 bits per heavy atom. The fourth-order valence-electron chi connectivity index (χ4n) is 4.67. The van der Waals surface area contributed by atoms with E-state index in [1.165, 1.54) is 18.2 Å². The van der Waals surface area contributed by atoms with Crippen LogP contribution in [0.2, 0.25) is 0 Å². The van der Waals surface area contributed by atoms with Crippen LogP contribution in [0.25, 0.3) is 0 Å². The number of carbonyl (C=O) groups excluding carboxylic acids is 1. The maximum atomic E-state index is 13.4. The average Bonchev–Trinajstić information content (AvgIpc) is 2.80. The average molecular weight is 442 g/mol. The molecule has 0 spiro atoms. The zero-order chi connectivity index (χ0) is 22.7. The van der Waals surface area contributed by atoms with E-state index in [-0.39, 0.29) is 29.4 Å². The smallest absolute Gasteiger partial charge is 0.269 e. The van der Waals surface area contributed by atoms with Crippen molar-refractivity contribution in [3.63, 3.8) is 0 Å². The zero-order valence-electron chi connectivity index (χ0n) is 18.0. The van der Waals surface area contributed by atoms with Crippen LogP contribution in [0.5, 0.6) is 0 Å². The predicted molar refractivity (Wildman–Crippen MR) is 120 cm³/mol. The molecule has 9 heteroatoms. The first-order chi connectivity index (χ1) is 15.5. The Morgan fingerprint density at radius 2 is 2.03 bits per heavy atom. The fraction of sp³-hybridized carbons (Fsp3) is 0.435. The van der Waals surface area contributed by atoms with Crippen LogP contribution in [0.4, 0.5) is 21.5 Å². The molecule has 0 aliphatic carbocycles. The Bertz CT molecular complexity index is 984. The highest BCUT2D eigenvalue weighted by atomic mass is 19.1. The maximum absolute atomic E-state index is 13.4. The SMILES string of the molecule is COCCCNC(=O)[C@@H]1Cc2cc([N+](=O)[O-])ccc2N2CCN(c3ccc(F)cc3)C[C@@H]12. The van der Waals surface area contributed by atoms with Crippen molar-refractivity contribution in [2.75, 3.05) is 49.7 Å². The number of nitro groups is 1. The first-order valence-electron chi connectivity index (χ1n) is 10.8. The van der Waals surface area contributed by atoms with E-state index in [2.05, 4.69) is 15.1 Å². The van der Waals surface area contributed by atoms with Gasteiger partial charge < -0.3 is 19.9 Å². The Morgan fingerprint density at radius 1 is 1.25 bits per heavy atom. The summed E-state index contributed by atoms with van der Waals surface area (Å²) >= 11 is 0. The van der Waals surface area contributed by atoms with Gasteiger partial charge in [-0.25, -0.2) is 4.39 Å². The number of hydrogen-bond donors (Lipinski definition) is 1. The largest absolute Gasteiger partial charge is 0.385 e. The molecule has 2 aliphatic rings. The second-order valence-electron chi connectivity index (χ2n) is 8.20. The highest BCUT2D eigenvalue weighted by Crippen LogP contribution is 2.38. The van der Waals surface area contributed by atoms with E-state index in [9.17, 15) is 19.3 Å². The van der Waals surface area contributed by atoms with Crippen LogP contribution in [-0.4, -0.2) is 56.8 Å². The molecule has 2 aliphatic heterocycles. The van der Waals surface area contributed by atoms with E-state index in [4.69, 9.17) is 4.74 Å². The molecule has 0 radical (unpaired) electrons. The van der Waals surface area contributed by atoms with E-state index in [0.717, 1.165) is 16.9 Å². The summed E-state index contributed by atoms with van der Waals surface area (Å²) in [6.07, 6.45) is 1.15. The molecule has 1 N–H and O–H groups in total. The van der Waals surface area contributed by atoms with Crippen molar-refractivity contribution in [2.24, 2.45) is 5.92 Å². The molecule has 0 bridgehead atoms. The Hall–Kier alpha value is -3.20. The number of nitrogens with one attached hydrogen (secondary N) is 1. The van der Waals surface area contributed by atoms with Crippen LogP contribution in [0.15, 0.2) is 42.5 Å². The van der Waals surface area contributed by atoms with Gasteiger partial charge in [-0.05, 0) is 48.7 Å². The molecule has 0 unspecified atom stereocenters. The van der Waals surface area contributed by atoms with E-state index >= 15 is 0 Å². The van der Waals surface area contributed by atoms with Crippen molar-refractivity contribution in [1.82, 2.24) is 5.32 Å². The maximum Gasteiger partial charge on any atom is 0.269 e. The van der Waals surface area contributed by atoms with Crippen LogP contribution in [-0.2, 0) is 16.0 Å². The monoisotopic (exact) mass is 442 g/mol. The Balaban J connectivity index is 1.60. The third-order valence-electron chi connectivity index (χ3n) is 6.26. The number of nitro benzene ring substituents is 1. The molecule has 0 saturated carbocycles. The summed E-state index contributed by atoms with van der Waals surface area (Å²) in [7, 11) is 1.62. The van der Waals surface area contributed by atoms with Gasteiger partial charge in [0.1, 0.15) is 5.82 Å². The third kappa shape index (κ3) is 4.52. The highest BCUT2D eigenvalue weighted by molar-refractivity contribution is 5.82. The van der Waals surface area contributed by atoms with Crippen LogP contribution >= 0.6 is 0 Å². The summed E-state index contributed by atoms with van der Waals surface area (Å²) < 4.78 is 18.4. The van der Waals surface area contributed by atoms with Crippen LogP contribution in [0.1, 0.15) is 12.0 Å². The number of nitrogens with zero attached hydrogens (tertiary/aromatic N) is 3. The number of rotatable bonds is 7. The number of carbonyl (C=O) groups is 1. The normalized spacial score (nSPS) is 19.8. The van der Waals surface area contributed by atoms with Gasteiger partial charge >= 0.3 is 0 Å². The van der Waals surface area contributed by atoms with Crippen LogP contribution in [0.3, 0.4) is 0 Å². The van der Waals surface area contributed by atoms with Crippen molar-refractivity contribution < 1.29 is 18.8 Å². The van der Waals surface area contributed by atoms with Crippen molar-refractivity contribution in [2.45, 2.75) is 18.9 Å². The minimum atomic E-state index is -0.404. The summed E-state index contributed by atoms with van der Waals surface area (Å²) in [6.45, 7) is 3.06. The van der Waals surface area contributed by atoms with Crippen molar-refractivity contribution in [1.29, 1.82) is 0 Å². The standard InChI is InChI=1S/C23H27FN4O4/c1-32-12-2-9-25-23(29)20-14-16-13-19(28(30)31)7-8-21(16)27-11-10-26(15-22(20)27)18-5-3-17(24)4-6-18/h3-8,13,20,22H,2,9-12,14-15H2,1H3,(H,25,29)/t20-,22+/m1/s1. The molecule has 2 atom stereocenters. The number of halogens is 1. The van der Waals surface area contributed by atoms with Gasteiger partial charge in [0.15, 0.2) is 0 Å². The summed E-state index contributed by atoms with van der Waals surface area (Å²) in [5.41, 5.74) is 2.72. The minimum Gasteiger partial charge on any atom is -0.385 e. The molecule has 2 aromatic rings. The molecule has 1 fully saturated rings. The lowest BCUT2D eigenvalue weighted by molar-refractivity contribution is -0.384. The zero-order valence-corrected chi connectivity index (χ0v) is 18.0. The molecule has 4 rings (SSSR count). The molecule has 2 heterocycles. The molecule has 1 saturated heterocycles. The summed E-state index contributed by atoms with van der Waals surface area (Å²) in [5.74, 6) is -0.696. The van der Waals surface area contributed by atoms with Gasteiger partial charge in [0.25, 0.3) is 5.69 Å². The number of fused-ring (bicyclic) bond motifs is 3. The Labute approximate surface area is 186 Å². The second kappa shape index (κ2) is 9.52. The van der Waals surface area contributed by atoms with Gasteiger partial charge in [-0.2, -0.15) is 0 Å². The van der Waals surface area contributed by atoms with Gasteiger partial charge in [-0.15, -0.1) is 0 Å². The number of methoxy groups -OCH3 is 1. The van der Waals surface area contributed by atoms with Crippen molar-refractivity contribution in [3.8, 4) is 0 Å². The number of benzene rings is 2. The van der Waals surface area contributed by atoms with Gasteiger partial charge in [0.05, 0.1) is 16.9 Å². The van der Waals surface area contributed by atoms with Gasteiger partial charge in [0, 0.05) is 63.4 Å². The van der Waals surface area contributed by atoms with Crippen LogP contribution in [0, 0.1) is 21.8 Å². The number of hydrogen-bond acceptors (Lipinski definition) is 6. The summed E-state index contributed by atoms with van der Waals surface area (Å²) in [5, 5.41) is 14.3. The second-order valence-corrected chi connectivity index (χ2v) is 8.20. The molecule has 2 aromatic carbocycles. The molecule has 0 aromatic heterocycles. The summed E-state index contributed by atoms with van der Waals surface area (Å²) in [4.78, 5) is 28.4. The first kappa shape index (κ1) is 22.0. The number of piperazine rings is 1. The molecular formula is C23H27FN4O4. The lowest BCUT2D eigenvalue weighted by Crippen LogP contribution is -2.61. The lowest BCUT2D eigenvalue weighted by atomic mass is 9.83. The predicted octanol–water partition coefficient (Wildman–Crippen LogP) is 2.75. The number of non-ortho nitro benzene ring substituents is 1. The molecule has 8 nitrogen and oxygen atoms in total. The van der Waals surface area contributed by atoms with E-state index < -0.39 is 4.92 Å². The third-order valence-corrected chi connectivity index (χ3v) is 6.26. The molecule has 1 amide bonds. The van der Waals surface area contributed by atoms with Crippen molar-refractivity contribution in [3.05, 3.63) is 64.0 Å². The molecule has 170 valence electrons. The van der Waals surface area contributed by atoms with E-state index in [1.807, 2.05) is 0 Å². The topological polar surface area (TPSA) is 87.9 Å². The van der Waals surface area contributed by atoms with Crippen molar-refractivity contribution >= 4 is 23.0 Å². The van der Waals surface area contributed by atoms with E-state index in [1.54, 1.807) is 31.4 Å². The first-order valence-corrected chi connectivity index (χ1v) is 10.8.